The van der Waals surface area contributed by atoms with Crippen molar-refractivity contribution in [2.75, 3.05) is 20.6 Å². The number of benzene rings is 1. The average molecular weight is 385 g/mol. The summed E-state index contributed by atoms with van der Waals surface area (Å²) in [6, 6.07) is 11.6. The van der Waals surface area contributed by atoms with Gasteiger partial charge in [0.15, 0.2) is 10.6 Å². The number of amides is 1. The lowest BCUT2D eigenvalue weighted by molar-refractivity contribution is -0.121. The molecule has 0 aliphatic rings. The number of furan rings is 1. The van der Waals surface area contributed by atoms with E-state index in [4.69, 9.17) is 16.6 Å². The highest BCUT2D eigenvalue weighted by atomic mass is 32.1. The molecule has 3 aromatic rings. The number of aryl methyl sites for hydroxylation is 1. The van der Waals surface area contributed by atoms with Crippen molar-refractivity contribution >= 4 is 18.1 Å². The van der Waals surface area contributed by atoms with Crippen LogP contribution in [0.15, 0.2) is 47.1 Å². The van der Waals surface area contributed by atoms with Crippen molar-refractivity contribution in [3.8, 4) is 11.4 Å². The maximum absolute atomic E-state index is 12.5. The van der Waals surface area contributed by atoms with Gasteiger partial charge in [-0.05, 0) is 45.4 Å². The molecule has 0 radical (unpaired) electrons. The quantitative estimate of drug-likeness (QED) is 0.612. The Morgan fingerprint density at radius 3 is 2.70 bits per heavy atom. The maximum Gasteiger partial charge on any atom is 0.240 e. The number of likely N-dealkylation sites (N-methyl/N-ethyl adjacent to an activating group) is 1. The number of hydrogen-bond acceptors (Lipinski definition) is 5. The number of aromatic nitrogens is 3. The molecule has 2 heterocycles. The van der Waals surface area contributed by atoms with Crippen LogP contribution in [0.2, 0.25) is 0 Å². The Kier molecular flexibility index (Phi) is 5.88. The molecule has 1 atom stereocenters. The van der Waals surface area contributed by atoms with Crippen LogP contribution in [0, 0.1) is 11.7 Å². The summed E-state index contributed by atoms with van der Waals surface area (Å²) in [6.07, 6.45) is 1.63. The van der Waals surface area contributed by atoms with Gasteiger partial charge >= 0.3 is 0 Å². The molecule has 3 rings (SSSR count). The van der Waals surface area contributed by atoms with Crippen LogP contribution in [0.1, 0.15) is 17.4 Å². The number of carbonyl (C=O) groups is 1. The summed E-state index contributed by atoms with van der Waals surface area (Å²) in [6.45, 7) is 2.55. The topological polar surface area (TPSA) is 79.1 Å². The molecule has 142 valence electrons. The van der Waals surface area contributed by atoms with Crippen molar-refractivity contribution < 1.29 is 9.21 Å². The highest BCUT2D eigenvalue weighted by Crippen LogP contribution is 2.19. The largest absolute Gasteiger partial charge is 0.468 e. The van der Waals surface area contributed by atoms with Gasteiger partial charge in [-0.25, -0.2) is 0 Å². The van der Waals surface area contributed by atoms with Gasteiger partial charge < -0.3 is 9.73 Å². The molecule has 2 aromatic heterocycles. The molecular weight excluding hydrogens is 362 g/mol. The fourth-order valence-corrected chi connectivity index (χ4v) is 3.01. The van der Waals surface area contributed by atoms with Crippen LogP contribution in [0.5, 0.6) is 0 Å². The Hall–Kier alpha value is -2.71. The second-order valence-corrected chi connectivity index (χ2v) is 6.99. The van der Waals surface area contributed by atoms with Crippen LogP contribution in [0.3, 0.4) is 0 Å². The Labute approximate surface area is 163 Å². The van der Waals surface area contributed by atoms with Crippen LogP contribution in [-0.4, -0.2) is 46.2 Å². The van der Waals surface area contributed by atoms with Gasteiger partial charge in [0.25, 0.3) is 0 Å². The molecule has 0 saturated carbocycles. The van der Waals surface area contributed by atoms with E-state index in [9.17, 15) is 4.79 Å². The zero-order valence-electron chi connectivity index (χ0n) is 15.6. The summed E-state index contributed by atoms with van der Waals surface area (Å²) in [5.74, 6) is 1.31. The number of aromatic amines is 1. The summed E-state index contributed by atoms with van der Waals surface area (Å²) in [7, 11) is 3.89. The highest BCUT2D eigenvalue weighted by Gasteiger charge is 2.19. The molecule has 0 saturated heterocycles. The van der Waals surface area contributed by atoms with E-state index in [2.05, 4.69) is 15.5 Å². The number of H-pyrrole nitrogens is 1. The van der Waals surface area contributed by atoms with Gasteiger partial charge in [-0.3, -0.25) is 19.4 Å². The first-order valence-corrected chi connectivity index (χ1v) is 9.05. The normalized spacial score (nSPS) is 12.3. The summed E-state index contributed by atoms with van der Waals surface area (Å²) < 4.78 is 7.59. The van der Waals surface area contributed by atoms with E-state index < -0.39 is 0 Å². The molecule has 2 N–H and O–H groups in total. The number of nitrogens with one attached hydrogen (secondary N) is 2. The molecule has 0 unspecified atom stereocenters. The lowest BCUT2D eigenvalue weighted by atomic mass is 10.1. The number of carbonyl (C=O) groups excluding carboxylic acids is 1. The standard InChI is InChI=1S/C19H23N5O2S/c1-13-6-8-14(9-7-13)18-21-22-19(27)24(18)12-17(25)20-11-15(23(2)3)16-5-4-10-26-16/h4-10,15H,11-12H2,1-3H3,(H,20,25)(H,22,27)/t15-/m0/s1. The van der Waals surface area contributed by atoms with E-state index in [1.165, 1.54) is 0 Å². The number of rotatable bonds is 7. The summed E-state index contributed by atoms with van der Waals surface area (Å²) in [4.78, 5) is 14.5. The smallest absolute Gasteiger partial charge is 0.240 e. The highest BCUT2D eigenvalue weighted by molar-refractivity contribution is 7.71. The number of hydrogen-bond donors (Lipinski definition) is 2. The SMILES string of the molecule is Cc1ccc(-c2n[nH]c(=S)n2CC(=O)NC[C@@H](c2ccco2)N(C)C)cc1. The lowest BCUT2D eigenvalue weighted by Gasteiger charge is -2.22. The van der Waals surface area contributed by atoms with Gasteiger partial charge in [-0.2, -0.15) is 5.10 Å². The molecule has 1 amide bonds. The zero-order chi connectivity index (χ0) is 19.4. The Balaban J connectivity index is 1.70. The van der Waals surface area contributed by atoms with E-state index in [-0.39, 0.29) is 18.5 Å². The van der Waals surface area contributed by atoms with Gasteiger partial charge in [0.05, 0.1) is 12.3 Å². The van der Waals surface area contributed by atoms with E-state index in [1.54, 1.807) is 10.8 Å². The molecule has 27 heavy (non-hydrogen) atoms. The van der Waals surface area contributed by atoms with Crippen LogP contribution in [0.25, 0.3) is 11.4 Å². The second-order valence-electron chi connectivity index (χ2n) is 6.60. The van der Waals surface area contributed by atoms with Gasteiger partial charge in [-0.1, -0.05) is 29.8 Å². The minimum absolute atomic E-state index is 0.0437. The van der Waals surface area contributed by atoms with Gasteiger partial charge in [0, 0.05) is 12.1 Å². The molecule has 0 spiro atoms. The van der Waals surface area contributed by atoms with Crippen molar-refractivity contribution in [1.82, 2.24) is 25.0 Å². The summed E-state index contributed by atoms with van der Waals surface area (Å²) >= 11 is 5.30. The first-order valence-electron chi connectivity index (χ1n) is 8.64. The van der Waals surface area contributed by atoms with E-state index in [1.807, 2.05) is 62.3 Å². The molecule has 0 aliphatic carbocycles. The molecule has 8 heteroatoms. The van der Waals surface area contributed by atoms with Crippen molar-refractivity contribution in [2.24, 2.45) is 0 Å². The Morgan fingerprint density at radius 2 is 2.07 bits per heavy atom. The maximum atomic E-state index is 12.5. The minimum Gasteiger partial charge on any atom is -0.468 e. The molecule has 1 aromatic carbocycles. The predicted octanol–water partition coefficient (Wildman–Crippen LogP) is 2.93. The van der Waals surface area contributed by atoms with E-state index >= 15 is 0 Å². The van der Waals surface area contributed by atoms with E-state index in [0.29, 0.717) is 17.1 Å². The Bertz CT molecular complexity index is 941. The first-order chi connectivity index (χ1) is 13.0. The monoisotopic (exact) mass is 385 g/mol. The molecule has 0 aliphatic heterocycles. The molecule has 0 fully saturated rings. The third-order valence-corrected chi connectivity index (χ3v) is 4.67. The fourth-order valence-electron chi connectivity index (χ4n) is 2.82. The molecule has 7 nitrogen and oxygen atoms in total. The van der Waals surface area contributed by atoms with Crippen molar-refractivity contribution in [3.63, 3.8) is 0 Å². The van der Waals surface area contributed by atoms with Gasteiger partial charge in [-0.15, -0.1) is 0 Å². The fraction of sp³-hybridized carbons (Fsp3) is 0.316. The minimum atomic E-state index is -0.140. The van der Waals surface area contributed by atoms with Crippen LogP contribution in [-0.2, 0) is 11.3 Å². The molecule has 0 bridgehead atoms. The van der Waals surface area contributed by atoms with Crippen molar-refractivity contribution in [2.45, 2.75) is 19.5 Å². The predicted molar refractivity (Wildman–Crippen MR) is 106 cm³/mol. The van der Waals surface area contributed by atoms with Crippen LogP contribution < -0.4 is 5.32 Å². The summed E-state index contributed by atoms with van der Waals surface area (Å²) in [5.41, 5.74) is 2.06. The zero-order valence-corrected chi connectivity index (χ0v) is 16.4. The summed E-state index contributed by atoms with van der Waals surface area (Å²) in [5, 5.41) is 10.0. The van der Waals surface area contributed by atoms with Gasteiger partial charge in [0.2, 0.25) is 5.91 Å². The van der Waals surface area contributed by atoms with Crippen molar-refractivity contribution in [3.05, 3.63) is 58.8 Å². The first kappa shape index (κ1) is 19.1. The number of nitrogens with zero attached hydrogens (tertiary/aromatic N) is 3. The van der Waals surface area contributed by atoms with Crippen molar-refractivity contribution in [1.29, 1.82) is 0 Å². The van der Waals surface area contributed by atoms with Crippen LogP contribution >= 0.6 is 12.2 Å². The Morgan fingerprint density at radius 1 is 1.33 bits per heavy atom. The average Bonchev–Trinajstić information content (AvgIpc) is 3.27. The second kappa shape index (κ2) is 8.32. The third kappa shape index (κ3) is 4.53. The van der Waals surface area contributed by atoms with E-state index in [0.717, 1.165) is 16.9 Å². The molecular formula is C19H23N5O2S. The lowest BCUT2D eigenvalue weighted by Crippen LogP contribution is -2.36. The van der Waals surface area contributed by atoms with Crippen LogP contribution in [0.4, 0.5) is 0 Å². The van der Waals surface area contributed by atoms with Gasteiger partial charge in [0.1, 0.15) is 12.3 Å². The third-order valence-electron chi connectivity index (χ3n) is 4.36.